The summed E-state index contributed by atoms with van der Waals surface area (Å²) < 4.78 is 0. The van der Waals surface area contributed by atoms with Crippen LogP contribution in [0.2, 0.25) is 0 Å². The van der Waals surface area contributed by atoms with Crippen molar-refractivity contribution in [2.45, 2.75) is 57.9 Å². The van der Waals surface area contributed by atoms with Gasteiger partial charge in [0, 0.05) is 13.1 Å². The Balaban J connectivity index is 0.00000220. The molecule has 2 unspecified atom stereocenters. The fourth-order valence-corrected chi connectivity index (χ4v) is 3.36. The lowest BCUT2D eigenvalue weighted by Gasteiger charge is -2.30. The Morgan fingerprint density at radius 3 is 2.68 bits per heavy atom. The van der Waals surface area contributed by atoms with Gasteiger partial charge in [-0.25, -0.2) is 0 Å². The third-order valence-electron chi connectivity index (χ3n) is 4.57. The SMILES string of the molecule is CC1CCCN(CCCCNC(=O)C2CCCCN2)C1.Cl.Cl. The van der Waals surface area contributed by atoms with Crippen LogP contribution in [0.15, 0.2) is 0 Å². The van der Waals surface area contributed by atoms with Gasteiger partial charge in [0.25, 0.3) is 0 Å². The highest BCUT2D eigenvalue weighted by molar-refractivity contribution is 5.85. The van der Waals surface area contributed by atoms with Crippen LogP contribution >= 0.6 is 24.8 Å². The molecule has 2 saturated heterocycles. The summed E-state index contributed by atoms with van der Waals surface area (Å²) in [6.45, 7) is 7.90. The van der Waals surface area contributed by atoms with Gasteiger partial charge in [-0.1, -0.05) is 13.3 Å². The summed E-state index contributed by atoms with van der Waals surface area (Å²) in [5.74, 6) is 1.07. The Labute approximate surface area is 148 Å². The molecule has 0 aromatic carbocycles. The molecule has 0 aliphatic carbocycles. The number of hydrogen-bond donors (Lipinski definition) is 2. The molecule has 132 valence electrons. The fraction of sp³-hybridized carbons (Fsp3) is 0.938. The summed E-state index contributed by atoms with van der Waals surface area (Å²) in [7, 11) is 0. The van der Waals surface area contributed by atoms with E-state index >= 15 is 0 Å². The van der Waals surface area contributed by atoms with Crippen LogP contribution in [0.25, 0.3) is 0 Å². The van der Waals surface area contributed by atoms with E-state index in [-0.39, 0.29) is 36.8 Å². The van der Waals surface area contributed by atoms with Gasteiger partial charge in [0.05, 0.1) is 6.04 Å². The minimum Gasteiger partial charge on any atom is -0.355 e. The fourth-order valence-electron chi connectivity index (χ4n) is 3.36. The van der Waals surface area contributed by atoms with E-state index in [4.69, 9.17) is 0 Å². The number of rotatable bonds is 6. The van der Waals surface area contributed by atoms with Gasteiger partial charge in [0.2, 0.25) is 5.91 Å². The highest BCUT2D eigenvalue weighted by Crippen LogP contribution is 2.15. The van der Waals surface area contributed by atoms with Gasteiger partial charge in [-0.15, -0.1) is 24.8 Å². The largest absolute Gasteiger partial charge is 0.355 e. The first kappa shape index (κ1) is 22.0. The Morgan fingerprint density at radius 1 is 1.18 bits per heavy atom. The Hall–Kier alpha value is -0.0300. The van der Waals surface area contributed by atoms with Crippen molar-refractivity contribution in [3.05, 3.63) is 0 Å². The minimum atomic E-state index is 0. The van der Waals surface area contributed by atoms with Crippen molar-refractivity contribution in [1.29, 1.82) is 0 Å². The zero-order valence-electron chi connectivity index (χ0n) is 13.8. The second kappa shape index (κ2) is 12.4. The number of halogens is 2. The predicted octanol–water partition coefficient (Wildman–Crippen LogP) is 2.60. The van der Waals surface area contributed by atoms with Gasteiger partial charge >= 0.3 is 0 Å². The molecule has 2 heterocycles. The van der Waals surface area contributed by atoms with Crippen molar-refractivity contribution in [1.82, 2.24) is 15.5 Å². The molecule has 1 amide bonds. The molecule has 2 rings (SSSR count). The second-order valence-electron chi connectivity index (χ2n) is 6.55. The predicted molar refractivity (Wildman–Crippen MR) is 97.2 cm³/mol. The third kappa shape index (κ3) is 8.00. The molecule has 2 aliphatic rings. The van der Waals surface area contributed by atoms with Crippen LogP contribution in [0.1, 0.15) is 51.9 Å². The first-order chi connectivity index (χ1) is 9.75. The number of nitrogens with one attached hydrogen (secondary N) is 2. The van der Waals surface area contributed by atoms with Crippen molar-refractivity contribution >= 4 is 30.7 Å². The van der Waals surface area contributed by atoms with Crippen molar-refractivity contribution in [3.8, 4) is 0 Å². The van der Waals surface area contributed by atoms with Crippen LogP contribution in [0.3, 0.4) is 0 Å². The highest BCUT2D eigenvalue weighted by Gasteiger charge is 2.19. The molecule has 4 nitrogen and oxygen atoms in total. The van der Waals surface area contributed by atoms with Crippen molar-refractivity contribution < 1.29 is 4.79 Å². The van der Waals surface area contributed by atoms with Gasteiger partial charge < -0.3 is 15.5 Å². The molecule has 0 spiro atoms. The van der Waals surface area contributed by atoms with Crippen LogP contribution in [0, 0.1) is 5.92 Å². The molecule has 6 heteroatoms. The average molecular weight is 354 g/mol. The number of carbonyl (C=O) groups excluding carboxylic acids is 1. The number of nitrogens with zero attached hydrogens (tertiary/aromatic N) is 1. The minimum absolute atomic E-state index is 0. The zero-order valence-corrected chi connectivity index (χ0v) is 15.4. The lowest BCUT2D eigenvalue weighted by Crippen LogP contribution is -2.46. The third-order valence-corrected chi connectivity index (χ3v) is 4.57. The smallest absolute Gasteiger partial charge is 0.237 e. The summed E-state index contributed by atoms with van der Waals surface area (Å²) in [5, 5.41) is 6.37. The van der Waals surface area contributed by atoms with Crippen molar-refractivity contribution in [3.63, 3.8) is 0 Å². The molecule has 0 aromatic heterocycles. The highest BCUT2D eigenvalue weighted by atomic mass is 35.5. The van der Waals surface area contributed by atoms with Gasteiger partial charge in [-0.3, -0.25) is 4.79 Å². The zero-order chi connectivity index (χ0) is 14.2. The number of hydrogen-bond acceptors (Lipinski definition) is 3. The Kier molecular flexibility index (Phi) is 12.4. The number of amides is 1. The summed E-state index contributed by atoms with van der Waals surface area (Å²) in [6.07, 6.45) is 8.43. The molecule has 0 saturated carbocycles. The summed E-state index contributed by atoms with van der Waals surface area (Å²) in [5.41, 5.74) is 0. The van der Waals surface area contributed by atoms with Gasteiger partial charge in [-0.05, 0) is 64.1 Å². The van der Waals surface area contributed by atoms with E-state index in [9.17, 15) is 4.79 Å². The standard InChI is InChI=1S/C16H31N3O.2ClH/c1-14-7-6-12-19(13-14)11-5-4-10-18-16(20)15-8-2-3-9-17-15;;/h14-15,17H,2-13H2,1H3,(H,18,20);2*1H. The van der Waals surface area contributed by atoms with E-state index in [0.717, 1.165) is 31.8 Å². The molecule has 0 radical (unpaired) electrons. The van der Waals surface area contributed by atoms with Gasteiger partial charge in [0.15, 0.2) is 0 Å². The maximum Gasteiger partial charge on any atom is 0.237 e. The number of unbranched alkanes of at least 4 members (excludes halogenated alkanes) is 1. The summed E-state index contributed by atoms with van der Waals surface area (Å²) in [4.78, 5) is 14.5. The van der Waals surface area contributed by atoms with Crippen LogP contribution in [0.4, 0.5) is 0 Å². The number of likely N-dealkylation sites (tertiary alicyclic amines) is 1. The molecule has 2 N–H and O–H groups in total. The Bertz CT molecular complexity index is 299. The molecule has 2 atom stereocenters. The van der Waals surface area contributed by atoms with E-state index in [1.54, 1.807) is 0 Å². The Morgan fingerprint density at radius 2 is 2.00 bits per heavy atom. The van der Waals surface area contributed by atoms with Gasteiger partial charge in [0.1, 0.15) is 0 Å². The lowest BCUT2D eigenvalue weighted by molar-refractivity contribution is -0.123. The number of piperidine rings is 2. The molecule has 0 bridgehead atoms. The molecule has 2 fully saturated rings. The molecule has 0 aromatic rings. The van der Waals surface area contributed by atoms with Crippen LogP contribution in [-0.2, 0) is 4.79 Å². The summed E-state index contributed by atoms with van der Waals surface area (Å²) in [6, 6.07) is 0.0618. The topological polar surface area (TPSA) is 44.4 Å². The van der Waals surface area contributed by atoms with E-state index in [2.05, 4.69) is 22.5 Å². The number of carbonyl (C=O) groups is 1. The van der Waals surface area contributed by atoms with E-state index in [0.29, 0.717) is 0 Å². The van der Waals surface area contributed by atoms with E-state index < -0.39 is 0 Å². The monoisotopic (exact) mass is 353 g/mol. The van der Waals surface area contributed by atoms with Crippen LogP contribution in [-0.4, -0.2) is 49.6 Å². The molecular weight excluding hydrogens is 321 g/mol. The van der Waals surface area contributed by atoms with E-state index in [1.165, 1.54) is 51.7 Å². The van der Waals surface area contributed by atoms with Crippen molar-refractivity contribution in [2.24, 2.45) is 5.92 Å². The first-order valence-electron chi connectivity index (χ1n) is 8.49. The molecule has 2 aliphatic heterocycles. The summed E-state index contributed by atoms with van der Waals surface area (Å²) >= 11 is 0. The first-order valence-corrected chi connectivity index (χ1v) is 8.49. The second-order valence-corrected chi connectivity index (χ2v) is 6.55. The molecule has 22 heavy (non-hydrogen) atoms. The normalized spacial score (nSPS) is 25.7. The van der Waals surface area contributed by atoms with Gasteiger partial charge in [-0.2, -0.15) is 0 Å². The van der Waals surface area contributed by atoms with E-state index in [1.807, 2.05) is 0 Å². The maximum atomic E-state index is 11.9. The quantitative estimate of drug-likeness (QED) is 0.721. The average Bonchev–Trinajstić information content (AvgIpc) is 2.48. The van der Waals surface area contributed by atoms with Crippen molar-refractivity contribution in [2.75, 3.05) is 32.7 Å². The van der Waals surface area contributed by atoms with Crippen LogP contribution < -0.4 is 10.6 Å². The lowest BCUT2D eigenvalue weighted by atomic mass is 10.0. The maximum absolute atomic E-state index is 11.9. The molecular formula is C16H33Cl2N3O. The van der Waals surface area contributed by atoms with Crippen LogP contribution in [0.5, 0.6) is 0 Å².